The summed E-state index contributed by atoms with van der Waals surface area (Å²) in [5, 5.41) is 4.87. The van der Waals surface area contributed by atoms with Crippen molar-refractivity contribution in [2.24, 2.45) is 0 Å². The Hall–Kier alpha value is -3.06. The molecule has 0 radical (unpaired) electrons. The quantitative estimate of drug-likeness (QED) is 0.732. The summed E-state index contributed by atoms with van der Waals surface area (Å²) >= 11 is 0. The van der Waals surface area contributed by atoms with Crippen LogP contribution in [-0.4, -0.2) is 43.6 Å². The fourth-order valence-electron chi connectivity index (χ4n) is 3.75. The van der Waals surface area contributed by atoms with Gasteiger partial charge in [-0.1, -0.05) is 30.3 Å². The topological polar surface area (TPSA) is 79.9 Å². The number of nitrogens with zero attached hydrogens (tertiary/aromatic N) is 1. The fraction of sp³-hybridized carbons (Fsp3) is 0.391. The smallest absolute Gasteiger partial charge is 0.321 e. The normalized spacial score (nSPS) is 14.4. The number of rotatable bonds is 7. The second-order valence-electron chi connectivity index (χ2n) is 7.04. The summed E-state index contributed by atoms with van der Waals surface area (Å²) in [6.45, 7) is 6.27. The monoisotopic (exact) mass is 411 g/mol. The van der Waals surface area contributed by atoms with Gasteiger partial charge in [-0.3, -0.25) is 15.0 Å². The predicted molar refractivity (Wildman–Crippen MR) is 115 cm³/mol. The molecule has 30 heavy (non-hydrogen) atoms. The average molecular weight is 412 g/mol. The Labute approximate surface area is 177 Å². The van der Waals surface area contributed by atoms with E-state index < -0.39 is 12.1 Å². The van der Waals surface area contributed by atoms with Gasteiger partial charge in [-0.25, -0.2) is 4.79 Å². The maximum Gasteiger partial charge on any atom is 0.321 e. The predicted octanol–water partition coefficient (Wildman–Crippen LogP) is 3.04. The molecule has 3 rings (SSSR count). The minimum absolute atomic E-state index is 0.347. The molecule has 0 bridgehead atoms. The zero-order chi connectivity index (χ0) is 21.5. The molecule has 0 aromatic heterocycles. The van der Waals surface area contributed by atoms with E-state index in [1.165, 1.54) is 12.6 Å². The minimum atomic E-state index is -0.571. The number of fused-ring (bicyclic) bond motifs is 1. The lowest BCUT2D eigenvalue weighted by Gasteiger charge is -2.35. The second kappa shape index (κ2) is 10.1. The van der Waals surface area contributed by atoms with Gasteiger partial charge in [-0.15, -0.1) is 0 Å². The highest BCUT2D eigenvalue weighted by atomic mass is 16.5. The molecule has 0 saturated carbocycles. The molecule has 0 unspecified atom stereocenters. The molecule has 1 atom stereocenters. The Kier molecular flexibility index (Phi) is 7.30. The van der Waals surface area contributed by atoms with Gasteiger partial charge < -0.3 is 14.8 Å². The lowest BCUT2D eigenvalue weighted by molar-refractivity contribution is -0.126. The Morgan fingerprint density at radius 3 is 2.27 bits per heavy atom. The summed E-state index contributed by atoms with van der Waals surface area (Å²) in [6.07, 6.45) is 0.776. The number of urea groups is 1. The van der Waals surface area contributed by atoms with Crippen molar-refractivity contribution in [3.63, 3.8) is 0 Å². The third-order valence-electron chi connectivity index (χ3n) is 5.10. The number of amides is 3. The van der Waals surface area contributed by atoms with Crippen LogP contribution in [0.1, 0.15) is 36.6 Å². The van der Waals surface area contributed by atoms with Gasteiger partial charge >= 0.3 is 6.03 Å². The number of benzene rings is 2. The van der Waals surface area contributed by atoms with Crippen LogP contribution in [0.25, 0.3) is 0 Å². The van der Waals surface area contributed by atoms with Crippen LogP contribution in [0.2, 0.25) is 0 Å². The molecule has 7 nitrogen and oxygen atoms in total. The van der Waals surface area contributed by atoms with E-state index in [0.29, 0.717) is 32.1 Å². The second-order valence-corrected chi connectivity index (χ2v) is 7.04. The standard InChI is InChI=1S/C23H29N3O4/c1-4-29-19-13-17-11-12-26(15-18(17)14-20(19)30-5-2)21(16-9-7-6-8-10-16)22(27)25-23(28)24-3/h6-10,13-14,21H,4-5,11-12,15H2,1-3H3,(H2,24,25,27,28)/t21-/m1/s1. The highest BCUT2D eigenvalue weighted by Crippen LogP contribution is 2.36. The van der Waals surface area contributed by atoms with E-state index in [1.54, 1.807) is 0 Å². The van der Waals surface area contributed by atoms with Crippen molar-refractivity contribution in [1.82, 2.24) is 15.5 Å². The zero-order valence-corrected chi connectivity index (χ0v) is 17.7. The molecule has 1 aliphatic rings. The Bertz CT molecular complexity index is 886. The van der Waals surface area contributed by atoms with Gasteiger partial charge in [0.25, 0.3) is 0 Å². The number of ether oxygens (including phenoxy) is 2. The van der Waals surface area contributed by atoms with Crippen molar-refractivity contribution in [1.29, 1.82) is 0 Å². The van der Waals surface area contributed by atoms with Crippen molar-refractivity contribution >= 4 is 11.9 Å². The number of carbonyl (C=O) groups excluding carboxylic acids is 2. The average Bonchev–Trinajstić information content (AvgIpc) is 2.75. The largest absolute Gasteiger partial charge is 0.490 e. The molecule has 1 heterocycles. The molecule has 2 aromatic carbocycles. The van der Waals surface area contributed by atoms with Gasteiger partial charge in [-0.2, -0.15) is 0 Å². The van der Waals surface area contributed by atoms with Gasteiger partial charge in [0.1, 0.15) is 6.04 Å². The maximum absolute atomic E-state index is 13.0. The van der Waals surface area contributed by atoms with Crippen LogP contribution in [0.15, 0.2) is 42.5 Å². The molecular formula is C23H29N3O4. The Morgan fingerprint density at radius 2 is 1.67 bits per heavy atom. The summed E-state index contributed by atoms with van der Waals surface area (Å²) in [6, 6.07) is 12.5. The van der Waals surface area contributed by atoms with Crippen LogP contribution >= 0.6 is 0 Å². The number of hydrogen-bond acceptors (Lipinski definition) is 5. The summed E-state index contributed by atoms with van der Waals surface area (Å²) in [7, 11) is 1.49. The first-order valence-electron chi connectivity index (χ1n) is 10.3. The number of carbonyl (C=O) groups is 2. The third-order valence-corrected chi connectivity index (χ3v) is 5.10. The van der Waals surface area contributed by atoms with Crippen molar-refractivity contribution < 1.29 is 19.1 Å². The first-order chi connectivity index (χ1) is 14.6. The molecule has 2 N–H and O–H groups in total. The van der Waals surface area contributed by atoms with E-state index >= 15 is 0 Å². The summed E-state index contributed by atoms with van der Waals surface area (Å²) in [5.41, 5.74) is 3.14. The van der Waals surface area contributed by atoms with Crippen molar-refractivity contribution in [2.45, 2.75) is 32.9 Å². The van der Waals surface area contributed by atoms with E-state index in [1.807, 2.05) is 56.3 Å². The Morgan fingerprint density at radius 1 is 1.03 bits per heavy atom. The van der Waals surface area contributed by atoms with Crippen LogP contribution in [0.4, 0.5) is 4.79 Å². The van der Waals surface area contributed by atoms with Crippen LogP contribution < -0.4 is 20.1 Å². The van der Waals surface area contributed by atoms with Crippen LogP contribution in [-0.2, 0) is 17.8 Å². The van der Waals surface area contributed by atoms with Gasteiger partial charge in [-0.05, 0) is 49.1 Å². The third kappa shape index (κ3) is 4.91. The maximum atomic E-state index is 13.0. The van der Waals surface area contributed by atoms with E-state index in [9.17, 15) is 9.59 Å². The lowest BCUT2D eigenvalue weighted by atomic mass is 9.95. The highest BCUT2D eigenvalue weighted by molar-refractivity contribution is 5.97. The molecule has 0 saturated heterocycles. The van der Waals surface area contributed by atoms with E-state index in [0.717, 1.165) is 23.3 Å². The molecule has 0 fully saturated rings. The lowest BCUT2D eigenvalue weighted by Crippen LogP contribution is -2.46. The molecular weight excluding hydrogens is 382 g/mol. The van der Waals surface area contributed by atoms with Gasteiger partial charge in [0, 0.05) is 20.1 Å². The highest BCUT2D eigenvalue weighted by Gasteiger charge is 2.31. The zero-order valence-electron chi connectivity index (χ0n) is 17.7. The molecule has 7 heteroatoms. The molecule has 2 aromatic rings. The SMILES string of the molecule is CCOc1cc2c(cc1OCC)CN([C@@H](C(=O)NC(=O)NC)c1ccccc1)CC2. The van der Waals surface area contributed by atoms with Crippen molar-refractivity contribution in [2.75, 3.05) is 26.8 Å². The minimum Gasteiger partial charge on any atom is -0.490 e. The summed E-state index contributed by atoms with van der Waals surface area (Å²) in [5.74, 6) is 1.12. The number of nitrogens with one attached hydrogen (secondary N) is 2. The van der Waals surface area contributed by atoms with Gasteiger partial charge in [0.2, 0.25) is 5.91 Å². The molecule has 3 amide bonds. The van der Waals surface area contributed by atoms with E-state index in [-0.39, 0.29) is 5.91 Å². The molecule has 1 aliphatic heterocycles. The van der Waals surface area contributed by atoms with E-state index in [4.69, 9.17) is 9.47 Å². The van der Waals surface area contributed by atoms with Crippen LogP contribution in [0, 0.1) is 0 Å². The number of imide groups is 1. The molecule has 0 aliphatic carbocycles. The van der Waals surface area contributed by atoms with Crippen LogP contribution in [0.5, 0.6) is 11.5 Å². The van der Waals surface area contributed by atoms with Gasteiger partial charge in [0.05, 0.1) is 13.2 Å². The Balaban J connectivity index is 1.91. The van der Waals surface area contributed by atoms with Crippen molar-refractivity contribution in [3.8, 4) is 11.5 Å². The van der Waals surface area contributed by atoms with Crippen LogP contribution in [0.3, 0.4) is 0 Å². The number of hydrogen-bond donors (Lipinski definition) is 2. The first kappa shape index (κ1) is 21.6. The van der Waals surface area contributed by atoms with E-state index in [2.05, 4.69) is 15.5 Å². The molecule has 0 spiro atoms. The first-order valence-corrected chi connectivity index (χ1v) is 10.3. The summed E-state index contributed by atoms with van der Waals surface area (Å²) < 4.78 is 11.5. The van der Waals surface area contributed by atoms with Gasteiger partial charge in [0.15, 0.2) is 11.5 Å². The molecule has 160 valence electrons. The summed E-state index contributed by atoms with van der Waals surface area (Å²) in [4.78, 5) is 26.8. The van der Waals surface area contributed by atoms with Crippen molar-refractivity contribution in [3.05, 3.63) is 59.2 Å². The fourth-order valence-corrected chi connectivity index (χ4v) is 3.75.